The van der Waals surface area contributed by atoms with E-state index in [0.29, 0.717) is 10.9 Å². The van der Waals surface area contributed by atoms with Crippen molar-refractivity contribution in [2.75, 3.05) is 14.2 Å². The maximum atomic E-state index is 5.41. The van der Waals surface area contributed by atoms with Crippen LogP contribution in [0, 0.1) is 31.6 Å². The predicted octanol–water partition coefficient (Wildman–Crippen LogP) is 3.24. The van der Waals surface area contributed by atoms with E-state index in [1.165, 1.54) is 17.7 Å². The van der Waals surface area contributed by atoms with Gasteiger partial charge in [0.15, 0.2) is 0 Å². The molecule has 27 heavy (non-hydrogen) atoms. The van der Waals surface area contributed by atoms with Crippen LogP contribution in [0.2, 0.25) is 0 Å². The summed E-state index contributed by atoms with van der Waals surface area (Å²) in [6, 6.07) is 5.58. The van der Waals surface area contributed by atoms with Crippen molar-refractivity contribution in [2.45, 2.75) is 0 Å². The van der Waals surface area contributed by atoms with Crippen LogP contribution in [0.1, 0.15) is 11.3 Å². The Labute approximate surface area is 161 Å². The molecule has 7 nitrogen and oxygen atoms in total. The highest BCUT2D eigenvalue weighted by Gasteiger charge is 2.26. The van der Waals surface area contributed by atoms with E-state index in [9.17, 15) is 0 Å². The summed E-state index contributed by atoms with van der Waals surface area (Å²) >= 11 is 1.44. The van der Waals surface area contributed by atoms with Gasteiger partial charge in [-0.3, -0.25) is 0 Å². The van der Waals surface area contributed by atoms with Gasteiger partial charge in [-0.2, -0.15) is 5.10 Å². The fraction of sp³-hybridized carbons (Fsp3) is 0.105. The summed E-state index contributed by atoms with van der Waals surface area (Å²) in [6.45, 7) is 0. The molecular formula is C19H16N5O2S. The number of hydrogen-bond acceptors (Lipinski definition) is 7. The lowest BCUT2D eigenvalue weighted by Crippen LogP contribution is -2.02. The van der Waals surface area contributed by atoms with Gasteiger partial charge in [0.25, 0.3) is 0 Å². The molecule has 0 aliphatic heterocycles. The lowest BCUT2D eigenvalue weighted by molar-refractivity contribution is 0.394. The quantitative estimate of drug-likeness (QED) is 0.616. The van der Waals surface area contributed by atoms with Crippen LogP contribution in [0.5, 0.6) is 11.5 Å². The fourth-order valence-electron chi connectivity index (χ4n) is 2.59. The Morgan fingerprint density at radius 2 is 2.00 bits per heavy atom. The summed E-state index contributed by atoms with van der Waals surface area (Å²) in [4.78, 5) is 13.2. The van der Waals surface area contributed by atoms with E-state index in [0.717, 1.165) is 27.9 Å². The smallest absolute Gasteiger partial charge is 0.211 e. The molecule has 3 aromatic rings. The maximum absolute atomic E-state index is 5.41. The van der Waals surface area contributed by atoms with E-state index in [1.807, 2.05) is 43.9 Å². The Kier molecular flexibility index (Phi) is 5.15. The van der Waals surface area contributed by atoms with Gasteiger partial charge < -0.3 is 9.47 Å². The lowest BCUT2D eigenvalue weighted by Gasteiger charge is -2.06. The number of benzene rings is 1. The van der Waals surface area contributed by atoms with Gasteiger partial charge in [0.05, 0.1) is 19.9 Å². The van der Waals surface area contributed by atoms with Crippen LogP contribution < -0.4 is 9.47 Å². The summed E-state index contributed by atoms with van der Waals surface area (Å²) in [7, 11) is 3.24. The Bertz CT molecular complexity index is 930. The molecule has 8 heteroatoms. The first-order chi connectivity index (χ1) is 13.3. The lowest BCUT2D eigenvalue weighted by atomic mass is 10.1. The van der Waals surface area contributed by atoms with Gasteiger partial charge in [0.1, 0.15) is 29.2 Å². The molecule has 1 aromatic carbocycles. The van der Waals surface area contributed by atoms with Crippen molar-refractivity contribution in [3.05, 3.63) is 73.7 Å². The van der Waals surface area contributed by atoms with Crippen LogP contribution >= 0.6 is 11.3 Å². The van der Waals surface area contributed by atoms with Crippen molar-refractivity contribution in [3.8, 4) is 16.5 Å². The molecule has 0 amide bonds. The van der Waals surface area contributed by atoms with Crippen molar-refractivity contribution < 1.29 is 9.47 Å². The normalized spacial score (nSPS) is 14.9. The molecule has 2 aromatic heterocycles. The Morgan fingerprint density at radius 3 is 2.70 bits per heavy atom. The van der Waals surface area contributed by atoms with Gasteiger partial charge in [0, 0.05) is 23.8 Å². The molecule has 0 N–H and O–H groups in total. The third-order valence-electron chi connectivity index (χ3n) is 3.92. The predicted molar refractivity (Wildman–Crippen MR) is 103 cm³/mol. The highest BCUT2D eigenvalue weighted by molar-refractivity contribution is 7.18. The van der Waals surface area contributed by atoms with E-state index in [1.54, 1.807) is 31.4 Å². The third kappa shape index (κ3) is 3.71. The van der Waals surface area contributed by atoms with Crippen LogP contribution in [-0.2, 0) is 0 Å². The molecule has 1 fully saturated rings. The van der Waals surface area contributed by atoms with Crippen molar-refractivity contribution >= 4 is 22.7 Å². The summed E-state index contributed by atoms with van der Waals surface area (Å²) in [6.07, 6.45) is 12.9. The Morgan fingerprint density at radius 1 is 1.15 bits per heavy atom. The minimum Gasteiger partial charge on any atom is -0.497 e. The van der Waals surface area contributed by atoms with Gasteiger partial charge in [-0.25, -0.2) is 19.6 Å². The molecular weight excluding hydrogens is 362 g/mol. The van der Waals surface area contributed by atoms with Gasteiger partial charge in [0.2, 0.25) is 5.13 Å². The van der Waals surface area contributed by atoms with E-state index < -0.39 is 0 Å². The Balaban J connectivity index is 1.66. The molecule has 0 bridgehead atoms. The van der Waals surface area contributed by atoms with E-state index in [-0.39, 0.29) is 0 Å². The number of aromatic nitrogens is 4. The molecule has 0 atom stereocenters. The maximum Gasteiger partial charge on any atom is 0.211 e. The van der Waals surface area contributed by atoms with Gasteiger partial charge >= 0.3 is 0 Å². The molecule has 1 aliphatic rings. The summed E-state index contributed by atoms with van der Waals surface area (Å²) in [5.74, 6) is 2.42. The first kappa shape index (κ1) is 17.7. The van der Waals surface area contributed by atoms with E-state index in [4.69, 9.17) is 9.47 Å². The average Bonchev–Trinajstić information content (AvgIpc) is 3.46. The number of nitrogens with zero attached hydrogens (tertiary/aromatic N) is 5. The first-order valence-corrected chi connectivity index (χ1v) is 8.94. The zero-order valence-electron chi connectivity index (χ0n) is 14.7. The van der Waals surface area contributed by atoms with E-state index in [2.05, 4.69) is 20.1 Å². The molecule has 0 saturated heterocycles. The second-order valence-electron chi connectivity index (χ2n) is 5.53. The van der Waals surface area contributed by atoms with Crippen molar-refractivity contribution in [3.63, 3.8) is 0 Å². The van der Waals surface area contributed by atoms with Gasteiger partial charge in [-0.05, 0) is 37.8 Å². The standard InChI is InChI=1S/C19H16N5O2S/c1-25-15-8-7-14(16(9-15)26-2)10-21-19-23-17(13-5-3-4-6-13)18(27-19)24-12-20-11-22-24/h3-12H,1-2H3/b21-10+. The minimum atomic E-state index is 0.620. The monoisotopic (exact) mass is 378 g/mol. The van der Waals surface area contributed by atoms with Crippen LogP contribution in [-0.4, -0.2) is 40.2 Å². The van der Waals surface area contributed by atoms with Gasteiger partial charge in [-0.1, -0.05) is 11.3 Å². The van der Waals surface area contributed by atoms with Crippen LogP contribution in [0.3, 0.4) is 0 Å². The van der Waals surface area contributed by atoms with Crippen LogP contribution in [0.25, 0.3) is 5.00 Å². The molecule has 1 aliphatic carbocycles. The second-order valence-corrected chi connectivity index (χ2v) is 6.49. The number of aliphatic imine (C=N–C) groups is 1. The SMILES string of the molecule is COc1ccc(/C=N/c2nc([C]3[CH][CH][CH][CH]3)c(-n3cncn3)s2)c(OC)c1. The molecule has 1 saturated carbocycles. The number of ether oxygens (including phenoxy) is 2. The Hall–Kier alpha value is -2.74. The van der Waals surface area contributed by atoms with Crippen molar-refractivity contribution in [1.82, 2.24) is 19.7 Å². The zero-order valence-corrected chi connectivity index (χ0v) is 15.6. The van der Waals surface area contributed by atoms with Crippen molar-refractivity contribution in [1.29, 1.82) is 0 Å². The largest absolute Gasteiger partial charge is 0.497 e. The summed E-state index contributed by atoms with van der Waals surface area (Å²) in [5.41, 5.74) is 1.66. The number of methoxy groups -OCH3 is 2. The molecule has 5 radical (unpaired) electrons. The molecule has 4 rings (SSSR count). The molecule has 0 spiro atoms. The number of rotatable bonds is 6. The molecule has 135 valence electrons. The highest BCUT2D eigenvalue weighted by Crippen LogP contribution is 2.38. The number of hydrogen-bond donors (Lipinski definition) is 0. The summed E-state index contributed by atoms with van der Waals surface area (Å²) < 4.78 is 12.3. The summed E-state index contributed by atoms with van der Waals surface area (Å²) in [5, 5.41) is 5.71. The second kappa shape index (κ2) is 7.87. The third-order valence-corrected chi connectivity index (χ3v) is 4.87. The van der Waals surface area contributed by atoms with E-state index >= 15 is 0 Å². The van der Waals surface area contributed by atoms with Crippen molar-refractivity contribution in [2.24, 2.45) is 4.99 Å². The molecule has 0 unspecified atom stereocenters. The molecule has 2 heterocycles. The minimum absolute atomic E-state index is 0.620. The fourth-order valence-corrected chi connectivity index (χ4v) is 3.46. The van der Waals surface area contributed by atoms with Crippen LogP contribution in [0.4, 0.5) is 5.13 Å². The first-order valence-electron chi connectivity index (χ1n) is 8.12. The zero-order chi connectivity index (χ0) is 18.6. The highest BCUT2D eigenvalue weighted by atomic mass is 32.1. The van der Waals surface area contributed by atoms with Crippen LogP contribution in [0.15, 0.2) is 35.8 Å². The van der Waals surface area contributed by atoms with Gasteiger partial charge in [-0.15, -0.1) is 0 Å². The number of thiazole rings is 1. The topological polar surface area (TPSA) is 74.4 Å². The average molecular weight is 378 g/mol.